The van der Waals surface area contributed by atoms with Gasteiger partial charge in [0.25, 0.3) is 0 Å². The van der Waals surface area contributed by atoms with Crippen LogP contribution in [-0.4, -0.2) is 32.6 Å². The minimum atomic E-state index is -0.234. The normalized spacial score (nSPS) is 12.2. The fraction of sp³-hybridized carbons (Fsp3) is 0.533. The molecule has 1 aliphatic heterocycles. The molecule has 0 atom stereocenters. The lowest BCUT2D eigenvalue weighted by atomic mass is 10.3. The number of urea groups is 1. The lowest BCUT2D eigenvalue weighted by Crippen LogP contribution is -2.30. The Balaban J connectivity index is 1.61. The smallest absolute Gasteiger partial charge is 0.319 e. The second-order valence-corrected chi connectivity index (χ2v) is 4.77. The first-order chi connectivity index (χ1) is 10.3. The predicted octanol–water partition coefficient (Wildman–Crippen LogP) is 2.74. The summed E-state index contributed by atoms with van der Waals surface area (Å²) in [6, 6.07) is 5.07. The second-order valence-electron chi connectivity index (χ2n) is 4.77. The first-order valence-electron chi connectivity index (χ1n) is 7.32. The van der Waals surface area contributed by atoms with Gasteiger partial charge in [0, 0.05) is 31.5 Å². The van der Waals surface area contributed by atoms with Gasteiger partial charge in [-0.2, -0.15) is 0 Å². The van der Waals surface area contributed by atoms with E-state index >= 15 is 0 Å². The molecule has 2 rings (SSSR count). The van der Waals surface area contributed by atoms with E-state index in [2.05, 4.69) is 17.6 Å². The second kappa shape index (κ2) is 8.36. The number of carbonyl (C=O) groups is 1. The minimum absolute atomic E-state index is 0.225. The summed E-state index contributed by atoms with van der Waals surface area (Å²) in [5, 5.41) is 5.54. The van der Waals surface area contributed by atoms with E-state index in [0.717, 1.165) is 25.9 Å². The Morgan fingerprint density at radius 1 is 1.24 bits per heavy atom. The average Bonchev–Trinajstić information content (AvgIpc) is 2.94. The van der Waals surface area contributed by atoms with Gasteiger partial charge in [-0.1, -0.05) is 13.3 Å². The maximum Gasteiger partial charge on any atom is 0.319 e. The lowest BCUT2D eigenvalue weighted by molar-refractivity contribution is 0.129. The standard InChI is InChI=1S/C15H22N2O4/c1-2-3-8-19-9-4-7-16-15(18)17-12-5-6-13-14(10-12)21-11-20-13/h5-6,10H,2-4,7-9,11H2,1H3,(H2,16,17,18). The molecule has 1 aromatic carbocycles. The molecule has 2 N–H and O–H groups in total. The van der Waals surface area contributed by atoms with Crippen molar-refractivity contribution in [3.63, 3.8) is 0 Å². The maximum atomic E-state index is 11.7. The van der Waals surface area contributed by atoms with Gasteiger partial charge >= 0.3 is 6.03 Å². The molecule has 0 aliphatic carbocycles. The summed E-state index contributed by atoms with van der Waals surface area (Å²) in [5.41, 5.74) is 0.677. The van der Waals surface area contributed by atoms with E-state index in [9.17, 15) is 4.79 Å². The summed E-state index contributed by atoms with van der Waals surface area (Å²) >= 11 is 0. The van der Waals surface area contributed by atoms with Gasteiger partial charge in [-0.05, 0) is 25.0 Å². The van der Waals surface area contributed by atoms with E-state index in [1.54, 1.807) is 18.2 Å². The third-order valence-corrected chi connectivity index (χ3v) is 3.02. The molecule has 0 spiro atoms. The molecule has 0 aromatic heterocycles. The first kappa shape index (κ1) is 15.4. The fourth-order valence-electron chi connectivity index (χ4n) is 1.87. The topological polar surface area (TPSA) is 68.8 Å². The third kappa shape index (κ3) is 5.15. The highest BCUT2D eigenvalue weighted by Gasteiger charge is 2.13. The van der Waals surface area contributed by atoms with Gasteiger partial charge in [0.15, 0.2) is 11.5 Å². The highest BCUT2D eigenvalue weighted by atomic mass is 16.7. The molecule has 0 saturated carbocycles. The lowest BCUT2D eigenvalue weighted by Gasteiger charge is -2.08. The van der Waals surface area contributed by atoms with E-state index in [1.807, 2.05) is 0 Å². The fourth-order valence-corrected chi connectivity index (χ4v) is 1.87. The maximum absolute atomic E-state index is 11.7. The Kier molecular flexibility index (Phi) is 6.15. The van der Waals surface area contributed by atoms with Crippen molar-refractivity contribution in [1.82, 2.24) is 5.32 Å². The van der Waals surface area contributed by atoms with Crippen molar-refractivity contribution in [2.24, 2.45) is 0 Å². The van der Waals surface area contributed by atoms with Crippen molar-refractivity contribution in [2.75, 3.05) is 31.9 Å². The molecule has 6 nitrogen and oxygen atoms in total. The summed E-state index contributed by atoms with van der Waals surface area (Å²) in [4.78, 5) is 11.7. The van der Waals surface area contributed by atoms with Crippen LogP contribution >= 0.6 is 0 Å². The number of unbranched alkanes of at least 4 members (excludes halogenated alkanes) is 1. The molecule has 0 fully saturated rings. The van der Waals surface area contributed by atoms with E-state index in [-0.39, 0.29) is 12.8 Å². The number of benzene rings is 1. The number of rotatable bonds is 8. The van der Waals surface area contributed by atoms with Crippen LogP contribution in [0, 0.1) is 0 Å². The van der Waals surface area contributed by atoms with Crippen molar-refractivity contribution in [2.45, 2.75) is 26.2 Å². The Bertz CT molecular complexity index is 465. The van der Waals surface area contributed by atoms with Crippen molar-refractivity contribution in [3.05, 3.63) is 18.2 Å². The molecule has 116 valence electrons. The molecule has 0 radical (unpaired) electrons. The first-order valence-corrected chi connectivity index (χ1v) is 7.32. The van der Waals surface area contributed by atoms with E-state index < -0.39 is 0 Å². The molecule has 0 saturated heterocycles. The van der Waals surface area contributed by atoms with E-state index in [0.29, 0.717) is 30.3 Å². The summed E-state index contributed by atoms with van der Waals surface area (Å²) in [6.07, 6.45) is 3.02. The summed E-state index contributed by atoms with van der Waals surface area (Å²) < 4.78 is 15.9. The van der Waals surface area contributed by atoms with Gasteiger partial charge in [0.2, 0.25) is 6.79 Å². The molecule has 21 heavy (non-hydrogen) atoms. The zero-order valence-electron chi connectivity index (χ0n) is 12.3. The Morgan fingerprint density at radius 3 is 2.90 bits per heavy atom. The summed E-state index contributed by atoms with van der Waals surface area (Å²) in [7, 11) is 0. The van der Waals surface area contributed by atoms with Gasteiger partial charge in [0.05, 0.1) is 0 Å². The van der Waals surface area contributed by atoms with Crippen molar-refractivity contribution in [1.29, 1.82) is 0 Å². The number of hydrogen-bond acceptors (Lipinski definition) is 4. The van der Waals surface area contributed by atoms with Crippen LogP contribution in [0.2, 0.25) is 0 Å². The van der Waals surface area contributed by atoms with Crippen molar-refractivity contribution < 1.29 is 19.0 Å². The Morgan fingerprint density at radius 2 is 2.05 bits per heavy atom. The van der Waals surface area contributed by atoms with Crippen LogP contribution in [-0.2, 0) is 4.74 Å². The van der Waals surface area contributed by atoms with Crippen LogP contribution in [0.3, 0.4) is 0 Å². The molecule has 6 heteroatoms. The van der Waals surface area contributed by atoms with Gasteiger partial charge in [0.1, 0.15) is 0 Å². The molecule has 1 aromatic rings. The molecule has 1 aliphatic rings. The highest BCUT2D eigenvalue weighted by Crippen LogP contribution is 2.34. The number of carbonyl (C=O) groups excluding carboxylic acids is 1. The zero-order valence-corrected chi connectivity index (χ0v) is 12.3. The van der Waals surface area contributed by atoms with Crippen LogP contribution in [0.15, 0.2) is 18.2 Å². The third-order valence-electron chi connectivity index (χ3n) is 3.02. The van der Waals surface area contributed by atoms with Crippen LogP contribution in [0.5, 0.6) is 11.5 Å². The average molecular weight is 294 g/mol. The number of fused-ring (bicyclic) bond motifs is 1. The number of hydrogen-bond donors (Lipinski definition) is 2. The van der Waals surface area contributed by atoms with Crippen LogP contribution in [0.25, 0.3) is 0 Å². The van der Waals surface area contributed by atoms with E-state index in [4.69, 9.17) is 14.2 Å². The Labute approximate surface area is 124 Å². The largest absolute Gasteiger partial charge is 0.454 e. The summed E-state index contributed by atoms with van der Waals surface area (Å²) in [5.74, 6) is 1.35. The van der Waals surface area contributed by atoms with Crippen LogP contribution < -0.4 is 20.1 Å². The van der Waals surface area contributed by atoms with Gasteiger partial charge in [-0.15, -0.1) is 0 Å². The number of ether oxygens (including phenoxy) is 3. The molecule has 0 unspecified atom stereocenters. The SMILES string of the molecule is CCCCOCCCNC(=O)Nc1ccc2c(c1)OCO2. The van der Waals surface area contributed by atoms with Crippen LogP contribution in [0.1, 0.15) is 26.2 Å². The van der Waals surface area contributed by atoms with Gasteiger partial charge < -0.3 is 24.8 Å². The quantitative estimate of drug-likeness (QED) is 0.723. The van der Waals surface area contributed by atoms with Crippen molar-refractivity contribution in [3.8, 4) is 11.5 Å². The zero-order chi connectivity index (χ0) is 14.9. The highest BCUT2D eigenvalue weighted by molar-refractivity contribution is 5.89. The minimum Gasteiger partial charge on any atom is -0.454 e. The molecule has 1 heterocycles. The van der Waals surface area contributed by atoms with Crippen LogP contribution in [0.4, 0.5) is 10.5 Å². The predicted molar refractivity (Wildman–Crippen MR) is 79.9 cm³/mol. The van der Waals surface area contributed by atoms with Crippen molar-refractivity contribution >= 4 is 11.7 Å². The molecular weight excluding hydrogens is 272 g/mol. The van der Waals surface area contributed by atoms with E-state index in [1.165, 1.54) is 0 Å². The molecule has 0 bridgehead atoms. The molecule has 2 amide bonds. The number of anilines is 1. The number of nitrogens with one attached hydrogen (secondary N) is 2. The Hall–Kier alpha value is -1.95. The number of amides is 2. The van der Waals surface area contributed by atoms with Gasteiger partial charge in [-0.3, -0.25) is 0 Å². The van der Waals surface area contributed by atoms with Gasteiger partial charge in [-0.25, -0.2) is 4.79 Å². The molecular formula is C15H22N2O4. The summed E-state index contributed by atoms with van der Waals surface area (Å²) in [6.45, 7) is 4.40. The monoisotopic (exact) mass is 294 g/mol.